The van der Waals surface area contributed by atoms with Crippen molar-refractivity contribution in [2.24, 2.45) is 10.9 Å². The Morgan fingerprint density at radius 1 is 1.27 bits per heavy atom. The third kappa shape index (κ3) is 6.07. The molecule has 2 heterocycles. The van der Waals surface area contributed by atoms with Crippen molar-refractivity contribution in [1.29, 1.82) is 0 Å². The Morgan fingerprint density at radius 2 is 2.10 bits per heavy atom. The van der Waals surface area contributed by atoms with Gasteiger partial charge in [-0.1, -0.05) is 18.2 Å². The van der Waals surface area contributed by atoms with Gasteiger partial charge in [0, 0.05) is 38.7 Å². The van der Waals surface area contributed by atoms with E-state index in [4.69, 9.17) is 9.47 Å². The number of nitrogens with zero attached hydrogens (tertiary/aromatic N) is 4. The number of nitrogens with one attached hydrogen (secondary N) is 2. The van der Waals surface area contributed by atoms with Crippen LogP contribution >= 0.6 is 24.0 Å². The van der Waals surface area contributed by atoms with E-state index in [-0.39, 0.29) is 30.0 Å². The van der Waals surface area contributed by atoms with Crippen molar-refractivity contribution in [2.45, 2.75) is 51.4 Å². The van der Waals surface area contributed by atoms with Crippen molar-refractivity contribution in [3.05, 3.63) is 41.5 Å². The van der Waals surface area contributed by atoms with Gasteiger partial charge in [0.25, 0.3) is 0 Å². The number of fused-ring (bicyclic) bond motifs is 1. The van der Waals surface area contributed by atoms with Gasteiger partial charge in [0.05, 0.1) is 13.2 Å². The first-order chi connectivity index (χ1) is 14.2. The van der Waals surface area contributed by atoms with Gasteiger partial charge in [0.2, 0.25) is 0 Å². The molecule has 164 valence electrons. The monoisotopic (exact) mass is 526 g/mol. The van der Waals surface area contributed by atoms with Crippen LogP contribution in [-0.4, -0.2) is 47.5 Å². The summed E-state index contributed by atoms with van der Waals surface area (Å²) in [4.78, 5) is 8.92. The molecule has 0 spiro atoms. The molecule has 0 amide bonds. The van der Waals surface area contributed by atoms with Crippen molar-refractivity contribution in [3.8, 4) is 5.75 Å². The van der Waals surface area contributed by atoms with Crippen molar-refractivity contribution < 1.29 is 9.47 Å². The summed E-state index contributed by atoms with van der Waals surface area (Å²) in [6, 6.07) is 8.46. The highest BCUT2D eigenvalue weighted by atomic mass is 127. The van der Waals surface area contributed by atoms with Crippen LogP contribution in [0.2, 0.25) is 0 Å². The minimum atomic E-state index is 0. The maximum atomic E-state index is 6.01. The molecule has 1 fully saturated rings. The Kier molecular flexibility index (Phi) is 8.32. The zero-order valence-corrected chi connectivity index (χ0v) is 20.0. The van der Waals surface area contributed by atoms with Gasteiger partial charge in [-0.05, 0) is 31.2 Å². The molecule has 1 aliphatic carbocycles. The van der Waals surface area contributed by atoms with E-state index in [1.165, 1.54) is 12.8 Å². The first-order valence-electron chi connectivity index (χ1n) is 10.3. The van der Waals surface area contributed by atoms with E-state index in [0.717, 1.165) is 60.8 Å². The van der Waals surface area contributed by atoms with Crippen LogP contribution in [0, 0.1) is 5.92 Å². The second-order valence-corrected chi connectivity index (χ2v) is 7.73. The molecule has 0 saturated heterocycles. The molecule has 1 saturated carbocycles. The molecule has 4 rings (SSSR count). The first kappa shape index (κ1) is 22.8. The van der Waals surface area contributed by atoms with E-state index in [0.29, 0.717) is 13.2 Å². The highest BCUT2D eigenvalue weighted by molar-refractivity contribution is 14.0. The van der Waals surface area contributed by atoms with Crippen LogP contribution in [0.4, 0.5) is 0 Å². The number of rotatable bonds is 8. The number of ether oxygens (including phenoxy) is 2. The zero-order chi connectivity index (χ0) is 20.1. The van der Waals surface area contributed by atoms with Crippen molar-refractivity contribution >= 4 is 29.9 Å². The minimum absolute atomic E-state index is 0. The van der Waals surface area contributed by atoms with Gasteiger partial charge in [-0.25, -0.2) is 9.67 Å². The van der Waals surface area contributed by atoms with Crippen LogP contribution in [-0.2, 0) is 30.9 Å². The Balaban J connectivity index is 0.00000256. The van der Waals surface area contributed by atoms with Crippen molar-refractivity contribution in [1.82, 2.24) is 25.4 Å². The lowest BCUT2D eigenvalue weighted by Gasteiger charge is -2.25. The average Bonchev–Trinajstić information content (AvgIpc) is 3.48. The Bertz CT molecular complexity index is 852. The van der Waals surface area contributed by atoms with Crippen LogP contribution in [0.15, 0.2) is 29.3 Å². The summed E-state index contributed by atoms with van der Waals surface area (Å²) < 4.78 is 13.1. The second kappa shape index (κ2) is 10.9. The topological polar surface area (TPSA) is 85.6 Å². The van der Waals surface area contributed by atoms with E-state index in [9.17, 15) is 0 Å². The van der Waals surface area contributed by atoms with E-state index in [2.05, 4.69) is 31.8 Å². The fourth-order valence-corrected chi connectivity index (χ4v) is 3.52. The van der Waals surface area contributed by atoms with E-state index >= 15 is 0 Å². The maximum Gasteiger partial charge on any atom is 0.191 e. The average molecular weight is 526 g/mol. The number of benzene rings is 1. The molecule has 1 unspecified atom stereocenters. The number of methoxy groups -OCH3 is 1. The predicted molar refractivity (Wildman–Crippen MR) is 126 cm³/mol. The normalized spacial score (nSPS) is 18.3. The molecule has 2 aromatic rings. The molecule has 30 heavy (non-hydrogen) atoms. The van der Waals surface area contributed by atoms with Gasteiger partial charge in [-0.3, -0.25) is 4.99 Å². The molecule has 0 radical (unpaired) electrons. The van der Waals surface area contributed by atoms with Gasteiger partial charge in [0.15, 0.2) is 11.8 Å². The van der Waals surface area contributed by atoms with Gasteiger partial charge in [-0.2, -0.15) is 5.10 Å². The zero-order valence-electron chi connectivity index (χ0n) is 17.6. The van der Waals surface area contributed by atoms with Gasteiger partial charge in [0.1, 0.15) is 18.2 Å². The molecular formula is C21H31IN6O2. The molecular weight excluding hydrogens is 495 g/mol. The van der Waals surface area contributed by atoms with Crippen LogP contribution in [0.3, 0.4) is 0 Å². The molecule has 1 aliphatic heterocycles. The minimum Gasteiger partial charge on any atom is -0.493 e. The lowest BCUT2D eigenvalue weighted by Crippen LogP contribution is -2.46. The molecule has 9 heteroatoms. The van der Waals surface area contributed by atoms with Crippen LogP contribution in [0.1, 0.15) is 36.5 Å². The Hall–Kier alpha value is -1.88. The van der Waals surface area contributed by atoms with E-state index in [1.807, 2.05) is 22.9 Å². The highest BCUT2D eigenvalue weighted by Gasteiger charge is 2.23. The fraction of sp³-hybridized carbons (Fsp3) is 0.571. The lowest BCUT2D eigenvalue weighted by atomic mass is 10.1. The summed E-state index contributed by atoms with van der Waals surface area (Å²) >= 11 is 0. The summed E-state index contributed by atoms with van der Waals surface area (Å²) in [7, 11) is 3.46. The van der Waals surface area contributed by atoms with Gasteiger partial charge < -0.3 is 20.1 Å². The van der Waals surface area contributed by atoms with Gasteiger partial charge in [-0.15, -0.1) is 24.0 Å². The highest BCUT2D eigenvalue weighted by Crippen LogP contribution is 2.30. The largest absolute Gasteiger partial charge is 0.493 e. The SMILES string of the molecule is CN=C(NCc1ccccc1OCC1CC1)NC1CCc2nc(COC)nn2C1.I. The van der Waals surface area contributed by atoms with Crippen molar-refractivity contribution in [2.75, 3.05) is 20.8 Å². The summed E-state index contributed by atoms with van der Waals surface area (Å²) in [5, 5.41) is 11.5. The number of halogens is 1. The quantitative estimate of drug-likeness (QED) is 0.313. The van der Waals surface area contributed by atoms with Gasteiger partial charge >= 0.3 is 0 Å². The number of aryl methyl sites for hydroxylation is 1. The molecule has 1 atom stereocenters. The Labute approximate surface area is 194 Å². The predicted octanol–water partition coefficient (Wildman–Crippen LogP) is 2.51. The molecule has 0 bridgehead atoms. The standard InChI is InChI=1S/C21H30N6O2.HI/c1-22-21(23-11-16-5-3-4-6-18(16)29-13-15-7-8-15)24-17-9-10-20-25-19(14-28-2)26-27(20)12-17;/h3-6,15,17H,7-14H2,1-2H3,(H2,22,23,24);1H. The molecule has 2 N–H and O–H groups in total. The number of hydrogen-bond acceptors (Lipinski definition) is 5. The fourth-order valence-electron chi connectivity index (χ4n) is 3.52. The number of aromatic nitrogens is 3. The summed E-state index contributed by atoms with van der Waals surface area (Å²) in [6.07, 6.45) is 4.47. The maximum absolute atomic E-state index is 6.01. The lowest BCUT2D eigenvalue weighted by molar-refractivity contribution is 0.177. The summed E-state index contributed by atoms with van der Waals surface area (Å²) in [5.41, 5.74) is 1.14. The number of para-hydroxylation sites is 1. The third-order valence-electron chi connectivity index (χ3n) is 5.33. The van der Waals surface area contributed by atoms with Crippen molar-refractivity contribution in [3.63, 3.8) is 0 Å². The summed E-state index contributed by atoms with van der Waals surface area (Å²) in [5.74, 6) is 4.25. The number of guanidine groups is 1. The number of hydrogen-bond donors (Lipinski definition) is 2. The van der Waals surface area contributed by atoms with Crippen LogP contribution < -0.4 is 15.4 Å². The molecule has 2 aliphatic rings. The van der Waals surface area contributed by atoms with E-state index < -0.39 is 0 Å². The Morgan fingerprint density at radius 3 is 2.87 bits per heavy atom. The molecule has 1 aromatic heterocycles. The molecule has 8 nitrogen and oxygen atoms in total. The van der Waals surface area contributed by atoms with E-state index in [1.54, 1.807) is 14.2 Å². The van der Waals surface area contributed by atoms with Crippen LogP contribution in [0.25, 0.3) is 0 Å². The number of aliphatic imine (C=N–C) groups is 1. The third-order valence-corrected chi connectivity index (χ3v) is 5.33. The smallest absolute Gasteiger partial charge is 0.191 e. The van der Waals surface area contributed by atoms with Crippen LogP contribution in [0.5, 0.6) is 5.75 Å². The summed E-state index contributed by atoms with van der Waals surface area (Å²) in [6.45, 7) is 2.70. The molecule has 1 aromatic carbocycles. The second-order valence-electron chi connectivity index (χ2n) is 7.73. The first-order valence-corrected chi connectivity index (χ1v) is 10.3.